The third kappa shape index (κ3) is 2.81. The molecule has 0 atom stereocenters. The Morgan fingerprint density at radius 3 is 2.68 bits per heavy atom. The molecular formula is C14H17F2N3. The van der Waals surface area contributed by atoms with Crippen molar-refractivity contribution in [2.24, 2.45) is 7.05 Å². The number of hydrogen-bond donors (Lipinski definition) is 1. The third-order valence-corrected chi connectivity index (χ3v) is 3.28. The van der Waals surface area contributed by atoms with Crippen LogP contribution in [0.2, 0.25) is 0 Å². The molecule has 0 aliphatic rings. The topological polar surface area (TPSA) is 29.9 Å². The normalized spacial score (nSPS) is 11.0. The van der Waals surface area contributed by atoms with Crippen LogP contribution in [0.4, 0.5) is 8.78 Å². The summed E-state index contributed by atoms with van der Waals surface area (Å²) >= 11 is 0. The Balaban J connectivity index is 2.30. The van der Waals surface area contributed by atoms with E-state index in [0.717, 1.165) is 23.3 Å². The van der Waals surface area contributed by atoms with E-state index >= 15 is 0 Å². The Morgan fingerprint density at radius 2 is 2.05 bits per heavy atom. The van der Waals surface area contributed by atoms with E-state index in [1.807, 2.05) is 25.6 Å². The first-order valence-electron chi connectivity index (χ1n) is 6.12. The van der Waals surface area contributed by atoms with Crippen molar-refractivity contribution in [3.8, 4) is 0 Å². The monoisotopic (exact) mass is 265 g/mol. The summed E-state index contributed by atoms with van der Waals surface area (Å²) in [4.78, 5) is 4.50. The molecule has 1 aromatic heterocycles. The van der Waals surface area contributed by atoms with Crippen LogP contribution in [0.15, 0.2) is 18.2 Å². The minimum atomic E-state index is -0.560. The van der Waals surface area contributed by atoms with E-state index in [1.54, 1.807) is 0 Å². The molecule has 0 spiro atoms. The maximum Gasteiger partial charge on any atom is 0.129 e. The SMILES string of the molecule is CNCc1nc(Cc2ccc(F)cc2F)c(C)n1C. The van der Waals surface area contributed by atoms with Gasteiger partial charge in [0.15, 0.2) is 0 Å². The van der Waals surface area contributed by atoms with E-state index in [2.05, 4.69) is 10.3 Å². The Kier molecular flexibility index (Phi) is 3.95. The first-order valence-corrected chi connectivity index (χ1v) is 6.12. The van der Waals surface area contributed by atoms with Crippen LogP contribution in [0.5, 0.6) is 0 Å². The van der Waals surface area contributed by atoms with Gasteiger partial charge in [-0.2, -0.15) is 0 Å². The number of benzene rings is 1. The van der Waals surface area contributed by atoms with Gasteiger partial charge >= 0.3 is 0 Å². The molecule has 2 aromatic rings. The Morgan fingerprint density at radius 1 is 1.32 bits per heavy atom. The van der Waals surface area contributed by atoms with Crippen molar-refractivity contribution < 1.29 is 8.78 Å². The highest BCUT2D eigenvalue weighted by Crippen LogP contribution is 2.17. The Hall–Kier alpha value is -1.75. The summed E-state index contributed by atoms with van der Waals surface area (Å²) in [6.45, 7) is 2.60. The lowest BCUT2D eigenvalue weighted by atomic mass is 10.1. The van der Waals surface area contributed by atoms with E-state index in [1.165, 1.54) is 12.1 Å². The van der Waals surface area contributed by atoms with Crippen molar-refractivity contribution in [1.82, 2.24) is 14.9 Å². The molecule has 0 fully saturated rings. The zero-order valence-corrected chi connectivity index (χ0v) is 11.3. The predicted molar refractivity (Wildman–Crippen MR) is 69.9 cm³/mol. The third-order valence-electron chi connectivity index (χ3n) is 3.28. The molecule has 0 saturated carbocycles. The summed E-state index contributed by atoms with van der Waals surface area (Å²) in [5, 5.41) is 3.04. The number of hydrogen-bond acceptors (Lipinski definition) is 2. The smallest absolute Gasteiger partial charge is 0.129 e. The van der Waals surface area contributed by atoms with E-state index < -0.39 is 11.6 Å². The molecule has 0 aliphatic heterocycles. The van der Waals surface area contributed by atoms with Crippen LogP contribution in [0.1, 0.15) is 22.8 Å². The van der Waals surface area contributed by atoms with Crippen molar-refractivity contribution in [1.29, 1.82) is 0 Å². The van der Waals surface area contributed by atoms with Crippen molar-refractivity contribution in [3.05, 3.63) is 52.6 Å². The molecule has 0 bridgehead atoms. The standard InChI is InChI=1S/C14H17F2N3/c1-9-13(18-14(8-17-2)19(9)3)6-10-4-5-11(15)7-12(10)16/h4-5,7,17H,6,8H2,1-3H3. The van der Waals surface area contributed by atoms with Gasteiger partial charge in [0.05, 0.1) is 12.2 Å². The number of imidazole rings is 1. The highest BCUT2D eigenvalue weighted by atomic mass is 19.1. The highest BCUT2D eigenvalue weighted by molar-refractivity contribution is 5.27. The van der Waals surface area contributed by atoms with Gasteiger partial charge in [0.25, 0.3) is 0 Å². The fourth-order valence-electron chi connectivity index (χ4n) is 2.03. The molecule has 19 heavy (non-hydrogen) atoms. The number of nitrogens with zero attached hydrogens (tertiary/aromatic N) is 2. The quantitative estimate of drug-likeness (QED) is 0.919. The fraction of sp³-hybridized carbons (Fsp3) is 0.357. The molecule has 0 amide bonds. The van der Waals surface area contributed by atoms with Gasteiger partial charge in [-0.05, 0) is 25.6 Å². The van der Waals surface area contributed by atoms with Crippen LogP contribution in [0.3, 0.4) is 0 Å². The summed E-state index contributed by atoms with van der Waals surface area (Å²) in [6, 6.07) is 3.64. The lowest BCUT2D eigenvalue weighted by molar-refractivity contribution is 0.574. The number of halogens is 2. The largest absolute Gasteiger partial charge is 0.334 e. The average Bonchev–Trinajstić information content (AvgIpc) is 2.62. The molecule has 0 aliphatic carbocycles. The molecule has 0 saturated heterocycles. The summed E-state index contributed by atoms with van der Waals surface area (Å²) < 4.78 is 28.5. The van der Waals surface area contributed by atoms with Gasteiger partial charge in [0.1, 0.15) is 17.5 Å². The van der Waals surface area contributed by atoms with Crippen molar-refractivity contribution in [3.63, 3.8) is 0 Å². The van der Waals surface area contributed by atoms with Crippen LogP contribution in [0, 0.1) is 18.6 Å². The van der Waals surface area contributed by atoms with Crippen molar-refractivity contribution >= 4 is 0 Å². The van der Waals surface area contributed by atoms with Gasteiger partial charge in [-0.25, -0.2) is 13.8 Å². The predicted octanol–water partition coefficient (Wildman–Crippen LogP) is 2.32. The molecule has 1 heterocycles. The molecule has 1 N–H and O–H groups in total. The van der Waals surface area contributed by atoms with Crippen LogP contribution in [-0.4, -0.2) is 16.6 Å². The maximum atomic E-state index is 13.6. The molecule has 3 nitrogen and oxygen atoms in total. The van der Waals surface area contributed by atoms with Gasteiger partial charge in [0, 0.05) is 25.2 Å². The Labute approximate surface area is 111 Å². The second kappa shape index (κ2) is 5.48. The van der Waals surface area contributed by atoms with E-state index in [4.69, 9.17) is 0 Å². The number of aromatic nitrogens is 2. The molecule has 0 radical (unpaired) electrons. The van der Waals surface area contributed by atoms with Gasteiger partial charge in [0.2, 0.25) is 0 Å². The second-order valence-electron chi connectivity index (χ2n) is 4.56. The van der Waals surface area contributed by atoms with Crippen molar-refractivity contribution in [2.45, 2.75) is 19.9 Å². The number of rotatable bonds is 4. The lowest BCUT2D eigenvalue weighted by Crippen LogP contribution is -2.10. The summed E-state index contributed by atoms with van der Waals surface area (Å²) in [5.74, 6) is -0.187. The first-order chi connectivity index (χ1) is 9.02. The zero-order chi connectivity index (χ0) is 14.0. The second-order valence-corrected chi connectivity index (χ2v) is 4.56. The highest BCUT2D eigenvalue weighted by Gasteiger charge is 2.13. The van der Waals surface area contributed by atoms with Crippen LogP contribution in [-0.2, 0) is 20.0 Å². The first kappa shape index (κ1) is 13.7. The molecular weight excluding hydrogens is 248 g/mol. The van der Waals surface area contributed by atoms with E-state index in [9.17, 15) is 8.78 Å². The fourth-order valence-corrected chi connectivity index (χ4v) is 2.03. The van der Waals surface area contributed by atoms with E-state index in [-0.39, 0.29) is 0 Å². The lowest BCUT2D eigenvalue weighted by Gasteiger charge is -2.03. The molecule has 1 aromatic carbocycles. The van der Waals surface area contributed by atoms with Crippen molar-refractivity contribution in [2.75, 3.05) is 7.05 Å². The zero-order valence-electron chi connectivity index (χ0n) is 11.3. The minimum absolute atomic E-state index is 0.371. The minimum Gasteiger partial charge on any atom is -0.334 e. The molecule has 5 heteroatoms. The molecule has 2 rings (SSSR count). The summed E-state index contributed by atoms with van der Waals surface area (Å²) in [6.07, 6.45) is 0.371. The summed E-state index contributed by atoms with van der Waals surface area (Å²) in [5.41, 5.74) is 2.27. The van der Waals surface area contributed by atoms with Crippen LogP contribution < -0.4 is 5.32 Å². The molecule has 0 unspecified atom stereocenters. The summed E-state index contributed by atoms with van der Waals surface area (Å²) in [7, 11) is 3.78. The van der Waals surface area contributed by atoms with Gasteiger partial charge in [-0.3, -0.25) is 0 Å². The Bertz CT molecular complexity index is 591. The molecule has 102 valence electrons. The van der Waals surface area contributed by atoms with Crippen LogP contribution in [0.25, 0.3) is 0 Å². The maximum absolute atomic E-state index is 13.6. The van der Waals surface area contributed by atoms with Gasteiger partial charge < -0.3 is 9.88 Å². The number of nitrogens with one attached hydrogen (secondary N) is 1. The average molecular weight is 265 g/mol. The van der Waals surface area contributed by atoms with Gasteiger partial charge in [-0.1, -0.05) is 6.07 Å². The van der Waals surface area contributed by atoms with Gasteiger partial charge in [-0.15, -0.1) is 0 Å². The van der Waals surface area contributed by atoms with E-state index in [0.29, 0.717) is 18.5 Å². The van der Waals surface area contributed by atoms with Crippen LogP contribution >= 0.6 is 0 Å².